The van der Waals surface area contributed by atoms with Gasteiger partial charge in [0.2, 0.25) is 0 Å². The van der Waals surface area contributed by atoms with E-state index in [9.17, 15) is 4.79 Å². The van der Waals surface area contributed by atoms with Crippen molar-refractivity contribution >= 4 is 16.9 Å². The minimum Gasteiger partial charge on any atom is -0.318 e. The maximum Gasteiger partial charge on any atom is 0.345 e. The van der Waals surface area contributed by atoms with E-state index in [4.69, 9.17) is 5.10 Å². The maximum absolute atomic E-state index is 13.6. The van der Waals surface area contributed by atoms with Gasteiger partial charge < -0.3 is 9.80 Å². The highest BCUT2D eigenvalue weighted by atomic mass is 16.2. The molecule has 3 fully saturated rings. The molecule has 0 radical (unpaired) electrons. The number of fused-ring (bicyclic) bond motifs is 6. The van der Waals surface area contributed by atoms with Crippen molar-refractivity contribution in [3.8, 4) is 11.3 Å². The van der Waals surface area contributed by atoms with Gasteiger partial charge in [-0.3, -0.25) is 4.68 Å². The van der Waals surface area contributed by atoms with Crippen molar-refractivity contribution in [2.45, 2.75) is 38.1 Å². The van der Waals surface area contributed by atoms with Crippen LogP contribution in [0.2, 0.25) is 0 Å². The van der Waals surface area contributed by atoms with Crippen LogP contribution in [0.15, 0.2) is 24.4 Å². The van der Waals surface area contributed by atoms with Gasteiger partial charge >= 0.3 is 6.03 Å². The summed E-state index contributed by atoms with van der Waals surface area (Å²) in [6, 6.07) is 6.79. The molecule has 7 nitrogen and oxygen atoms in total. The van der Waals surface area contributed by atoms with Gasteiger partial charge in [-0.05, 0) is 38.2 Å². The Balaban J connectivity index is 1.41. The molecule has 0 spiro atoms. The Kier molecular flexibility index (Phi) is 3.81. The van der Waals surface area contributed by atoms with Crippen LogP contribution in [0.25, 0.3) is 22.2 Å². The molecular formula is C22H26N6O. The number of benzene rings is 1. The normalized spacial score (nSPS) is 23.6. The Labute approximate surface area is 169 Å². The minimum atomic E-state index is 0.0739. The van der Waals surface area contributed by atoms with Crippen molar-refractivity contribution in [1.82, 2.24) is 29.4 Å². The summed E-state index contributed by atoms with van der Waals surface area (Å²) >= 11 is 0. The molecule has 0 atom stereocenters. The average molecular weight is 390 g/mol. The molecule has 0 unspecified atom stereocenters. The molecule has 2 bridgehead atoms. The lowest BCUT2D eigenvalue weighted by molar-refractivity contribution is 0.168. The van der Waals surface area contributed by atoms with Crippen molar-refractivity contribution in [3.63, 3.8) is 0 Å². The molecule has 4 aliphatic rings. The number of rotatable bonds is 1. The van der Waals surface area contributed by atoms with E-state index in [0.717, 1.165) is 86.1 Å². The third-order valence-electron chi connectivity index (χ3n) is 7.03. The second kappa shape index (κ2) is 6.42. The summed E-state index contributed by atoms with van der Waals surface area (Å²) < 4.78 is 3.63. The highest BCUT2D eigenvalue weighted by Gasteiger charge is 2.35. The van der Waals surface area contributed by atoms with Gasteiger partial charge in [0.05, 0.1) is 23.1 Å². The Morgan fingerprint density at radius 3 is 2.83 bits per heavy atom. The largest absolute Gasteiger partial charge is 0.345 e. The number of hydrogen-bond donors (Lipinski definition) is 0. The second-order valence-electron chi connectivity index (χ2n) is 8.63. The zero-order chi connectivity index (χ0) is 19.5. The number of aromatic nitrogens is 4. The fourth-order valence-corrected chi connectivity index (χ4v) is 5.38. The Morgan fingerprint density at radius 2 is 1.97 bits per heavy atom. The zero-order valence-corrected chi connectivity index (χ0v) is 16.8. The molecule has 29 heavy (non-hydrogen) atoms. The number of hydrogen-bond acceptors (Lipinski definition) is 4. The van der Waals surface area contributed by atoms with E-state index in [1.54, 1.807) is 4.68 Å². The lowest BCUT2D eigenvalue weighted by Gasteiger charge is -2.31. The van der Waals surface area contributed by atoms with Gasteiger partial charge in [0.15, 0.2) is 0 Å². The molecule has 3 saturated heterocycles. The lowest BCUT2D eigenvalue weighted by Crippen LogP contribution is -2.44. The summed E-state index contributed by atoms with van der Waals surface area (Å²) in [7, 11) is 1.96. The van der Waals surface area contributed by atoms with Crippen molar-refractivity contribution in [3.05, 3.63) is 35.7 Å². The van der Waals surface area contributed by atoms with Gasteiger partial charge in [-0.25, -0.2) is 4.79 Å². The summed E-state index contributed by atoms with van der Waals surface area (Å²) in [4.78, 5) is 18.1. The van der Waals surface area contributed by atoms with Crippen LogP contribution in [-0.4, -0.2) is 67.6 Å². The van der Waals surface area contributed by atoms with Gasteiger partial charge in [-0.1, -0.05) is 12.1 Å². The number of carbonyl (C=O) groups is 1. The summed E-state index contributed by atoms with van der Waals surface area (Å²) in [6.07, 6.45) is 7.08. The third-order valence-corrected chi connectivity index (χ3v) is 7.03. The zero-order valence-electron chi connectivity index (χ0n) is 16.8. The Bertz CT molecular complexity index is 1100. The molecule has 7 heteroatoms. The van der Waals surface area contributed by atoms with E-state index < -0.39 is 0 Å². The quantitative estimate of drug-likeness (QED) is 0.641. The van der Waals surface area contributed by atoms with E-state index >= 15 is 0 Å². The van der Waals surface area contributed by atoms with Crippen LogP contribution in [0, 0.1) is 0 Å². The first-order valence-corrected chi connectivity index (χ1v) is 10.8. The molecule has 3 aromatic rings. The molecule has 3 aliphatic heterocycles. The van der Waals surface area contributed by atoms with Crippen LogP contribution < -0.4 is 0 Å². The van der Waals surface area contributed by atoms with Crippen LogP contribution in [0.3, 0.4) is 0 Å². The first kappa shape index (κ1) is 17.2. The maximum atomic E-state index is 13.6. The first-order chi connectivity index (χ1) is 14.2. The number of amides is 1. The van der Waals surface area contributed by atoms with Gasteiger partial charge in [-0.2, -0.15) is 14.9 Å². The average Bonchev–Trinajstić information content (AvgIpc) is 3.37. The summed E-state index contributed by atoms with van der Waals surface area (Å²) in [6.45, 7) is 4.02. The van der Waals surface area contributed by atoms with E-state index in [1.165, 1.54) is 5.56 Å². The van der Waals surface area contributed by atoms with Crippen molar-refractivity contribution in [2.75, 3.05) is 26.2 Å². The predicted octanol–water partition coefficient (Wildman–Crippen LogP) is 2.67. The van der Waals surface area contributed by atoms with Crippen LogP contribution in [0.5, 0.6) is 0 Å². The standard InChI is InChI=1S/C22H26N6O/c1-25-20-13-15(5-6-16(20)14-23-25)21-18-3-2-4-19(18)28(24-21)22(29)27-12-11-26-9-7-17(27)8-10-26/h5-6,13-14,17H,2-4,7-12H2,1H3. The smallest absolute Gasteiger partial charge is 0.318 e. The van der Waals surface area contributed by atoms with Crippen molar-refractivity contribution in [2.24, 2.45) is 7.05 Å². The summed E-state index contributed by atoms with van der Waals surface area (Å²) in [5, 5.41) is 10.4. The molecule has 150 valence electrons. The van der Waals surface area contributed by atoms with Crippen LogP contribution in [0.4, 0.5) is 4.79 Å². The molecule has 0 N–H and O–H groups in total. The fourth-order valence-electron chi connectivity index (χ4n) is 5.38. The molecule has 1 amide bonds. The monoisotopic (exact) mass is 390 g/mol. The summed E-state index contributed by atoms with van der Waals surface area (Å²) in [5.74, 6) is 0. The Hall–Kier alpha value is -2.67. The van der Waals surface area contributed by atoms with E-state index in [-0.39, 0.29) is 6.03 Å². The van der Waals surface area contributed by atoms with Gasteiger partial charge in [0.25, 0.3) is 0 Å². The van der Waals surface area contributed by atoms with Gasteiger partial charge in [-0.15, -0.1) is 0 Å². The van der Waals surface area contributed by atoms with Crippen molar-refractivity contribution < 1.29 is 4.79 Å². The number of nitrogens with zero attached hydrogens (tertiary/aromatic N) is 6. The van der Waals surface area contributed by atoms with Gasteiger partial charge in [0, 0.05) is 55.8 Å². The highest BCUT2D eigenvalue weighted by Crippen LogP contribution is 2.34. The predicted molar refractivity (Wildman–Crippen MR) is 111 cm³/mol. The SMILES string of the molecule is Cn1ncc2ccc(-c3nn(C(=O)N4CCN5CCC4CC5)c4c3CCC4)cc21. The number of aryl methyl sites for hydroxylation is 1. The third kappa shape index (κ3) is 2.64. The van der Waals surface area contributed by atoms with Crippen LogP contribution >= 0.6 is 0 Å². The molecule has 7 rings (SSSR count). The molecule has 1 aliphatic carbocycles. The van der Waals surface area contributed by atoms with Gasteiger partial charge in [0.1, 0.15) is 0 Å². The molecule has 5 heterocycles. The topological polar surface area (TPSA) is 59.2 Å². The molecule has 0 saturated carbocycles. The van der Waals surface area contributed by atoms with Crippen molar-refractivity contribution in [1.29, 1.82) is 0 Å². The molecule has 1 aromatic carbocycles. The molecular weight excluding hydrogens is 364 g/mol. The number of carbonyl (C=O) groups excluding carboxylic acids is 1. The Morgan fingerprint density at radius 1 is 1.10 bits per heavy atom. The minimum absolute atomic E-state index is 0.0739. The highest BCUT2D eigenvalue weighted by molar-refractivity contribution is 5.85. The van der Waals surface area contributed by atoms with Crippen LogP contribution in [0.1, 0.15) is 30.5 Å². The van der Waals surface area contributed by atoms with E-state index in [1.807, 2.05) is 17.9 Å². The molecule has 2 aromatic heterocycles. The van der Waals surface area contributed by atoms with E-state index in [0.29, 0.717) is 6.04 Å². The summed E-state index contributed by atoms with van der Waals surface area (Å²) in [5.41, 5.74) is 5.51. The second-order valence-corrected chi connectivity index (χ2v) is 8.63. The van der Waals surface area contributed by atoms with Crippen LogP contribution in [-0.2, 0) is 19.9 Å². The lowest BCUT2D eigenvalue weighted by atomic mass is 10.1. The fraction of sp³-hybridized carbons (Fsp3) is 0.500. The number of piperidine rings is 1. The van der Waals surface area contributed by atoms with E-state index in [2.05, 4.69) is 33.1 Å². The first-order valence-electron chi connectivity index (χ1n) is 10.8.